The van der Waals surface area contributed by atoms with Crippen LogP contribution in [0, 0.1) is 12.8 Å². The number of nitrogens with two attached hydrogens (primary N) is 1. The smallest absolute Gasteiger partial charge is 0.233 e. The van der Waals surface area contributed by atoms with Gasteiger partial charge in [0.2, 0.25) is 5.91 Å². The standard InChI is InChI=1S/C18H26N2O/c1-13-6-3-4-8-16(13)18(9-10-18)17(21)20-11-5-7-15(12-20)14(2)19/h3-4,6,8,14-15H,5,7,9-12,19H2,1-2H3. The molecule has 3 nitrogen and oxygen atoms in total. The van der Waals surface area contributed by atoms with Crippen molar-refractivity contribution in [2.75, 3.05) is 13.1 Å². The van der Waals surface area contributed by atoms with Gasteiger partial charge >= 0.3 is 0 Å². The first-order valence-electron chi connectivity index (χ1n) is 8.16. The van der Waals surface area contributed by atoms with Crippen molar-refractivity contribution in [3.05, 3.63) is 35.4 Å². The van der Waals surface area contributed by atoms with E-state index in [9.17, 15) is 4.79 Å². The number of rotatable bonds is 3. The van der Waals surface area contributed by atoms with Gasteiger partial charge in [0.25, 0.3) is 0 Å². The van der Waals surface area contributed by atoms with Crippen LogP contribution in [0.5, 0.6) is 0 Å². The van der Waals surface area contributed by atoms with Crippen molar-refractivity contribution in [2.45, 2.75) is 51.0 Å². The minimum atomic E-state index is -0.231. The third kappa shape index (κ3) is 2.59. The van der Waals surface area contributed by atoms with Crippen LogP contribution in [0.4, 0.5) is 0 Å². The van der Waals surface area contributed by atoms with Gasteiger partial charge < -0.3 is 10.6 Å². The summed E-state index contributed by atoms with van der Waals surface area (Å²) in [6.07, 6.45) is 4.23. The van der Waals surface area contributed by atoms with Gasteiger partial charge in [0.1, 0.15) is 0 Å². The molecule has 2 aliphatic rings. The van der Waals surface area contributed by atoms with E-state index in [1.165, 1.54) is 11.1 Å². The second-order valence-corrected chi connectivity index (χ2v) is 6.91. The highest BCUT2D eigenvalue weighted by Crippen LogP contribution is 2.51. The first kappa shape index (κ1) is 14.6. The molecule has 0 bridgehead atoms. The molecule has 21 heavy (non-hydrogen) atoms. The third-order valence-corrected chi connectivity index (χ3v) is 5.31. The number of nitrogens with zero attached hydrogens (tertiary/aromatic N) is 1. The number of aryl methyl sites for hydroxylation is 1. The molecule has 3 heteroatoms. The number of carbonyl (C=O) groups is 1. The molecule has 2 N–H and O–H groups in total. The Morgan fingerprint density at radius 2 is 2.10 bits per heavy atom. The van der Waals surface area contributed by atoms with E-state index in [4.69, 9.17) is 5.73 Å². The molecule has 0 spiro atoms. The van der Waals surface area contributed by atoms with Gasteiger partial charge in [-0.25, -0.2) is 0 Å². The molecule has 1 aromatic carbocycles. The predicted octanol–water partition coefficient (Wildman–Crippen LogP) is 2.61. The highest BCUT2D eigenvalue weighted by molar-refractivity contribution is 5.91. The third-order valence-electron chi connectivity index (χ3n) is 5.31. The minimum absolute atomic E-state index is 0.175. The Labute approximate surface area is 127 Å². The summed E-state index contributed by atoms with van der Waals surface area (Å²) in [5.41, 5.74) is 8.29. The number of piperidine rings is 1. The van der Waals surface area contributed by atoms with Gasteiger partial charge in [-0.2, -0.15) is 0 Å². The van der Waals surface area contributed by atoms with Crippen molar-refractivity contribution < 1.29 is 4.79 Å². The Bertz CT molecular complexity index is 534. The van der Waals surface area contributed by atoms with Crippen LogP contribution in [-0.4, -0.2) is 29.9 Å². The molecule has 2 fully saturated rings. The summed E-state index contributed by atoms with van der Waals surface area (Å²) >= 11 is 0. The van der Waals surface area contributed by atoms with Crippen LogP contribution < -0.4 is 5.73 Å². The van der Waals surface area contributed by atoms with E-state index in [2.05, 4.69) is 36.9 Å². The average molecular weight is 286 g/mol. The van der Waals surface area contributed by atoms with E-state index in [1.807, 2.05) is 6.07 Å². The van der Waals surface area contributed by atoms with Gasteiger partial charge in [0.05, 0.1) is 5.41 Å². The topological polar surface area (TPSA) is 46.3 Å². The van der Waals surface area contributed by atoms with Crippen molar-refractivity contribution >= 4 is 5.91 Å². The van der Waals surface area contributed by atoms with Crippen LogP contribution in [0.1, 0.15) is 43.7 Å². The predicted molar refractivity (Wildman–Crippen MR) is 85.0 cm³/mol. The Kier molecular flexibility index (Phi) is 3.78. The van der Waals surface area contributed by atoms with E-state index in [0.717, 1.165) is 38.8 Å². The largest absolute Gasteiger partial charge is 0.342 e. The molecule has 3 rings (SSSR count). The molecule has 1 amide bonds. The van der Waals surface area contributed by atoms with Gasteiger partial charge in [-0.1, -0.05) is 24.3 Å². The highest BCUT2D eigenvalue weighted by atomic mass is 16.2. The molecular weight excluding hydrogens is 260 g/mol. The summed E-state index contributed by atoms with van der Waals surface area (Å²) in [7, 11) is 0. The van der Waals surface area contributed by atoms with Gasteiger partial charge in [0, 0.05) is 19.1 Å². The molecule has 2 atom stereocenters. The SMILES string of the molecule is Cc1ccccc1C1(C(=O)N2CCCC(C(C)N)C2)CC1. The van der Waals surface area contributed by atoms with E-state index in [0.29, 0.717) is 11.8 Å². The van der Waals surface area contributed by atoms with Crippen LogP contribution in [0.2, 0.25) is 0 Å². The Balaban J connectivity index is 1.80. The fourth-order valence-electron chi connectivity index (χ4n) is 3.76. The molecule has 1 saturated heterocycles. The zero-order valence-corrected chi connectivity index (χ0v) is 13.1. The summed E-state index contributed by atoms with van der Waals surface area (Å²) in [6.45, 7) is 5.91. The zero-order valence-electron chi connectivity index (χ0n) is 13.1. The Morgan fingerprint density at radius 1 is 1.38 bits per heavy atom. The number of hydrogen-bond donors (Lipinski definition) is 1. The molecule has 114 valence electrons. The molecule has 1 saturated carbocycles. The lowest BCUT2D eigenvalue weighted by molar-refractivity contribution is -0.136. The van der Waals surface area contributed by atoms with Crippen molar-refractivity contribution in [3.63, 3.8) is 0 Å². The van der Waals surface area contributed by atoms with Crippen molar-refractivity contribution in [3.8, 4) is 0 Å². The first-order chi connectivity index (χ1) is 10.0. The first-order valence-corrected chi connectivity index (χ1v) is 8.16. The normalized spacial score (nSPS) is 25.5. The second kappa shape index (κ2) is 5.45. The van der Waals surface area contributed by atoms with E-state index >= 15 is 0 Å². The van der Waals surface area contributed by atoms with Crippen LogP contribution in [0.15, 0.2) is 24.3 Å². The van der Waals surface area contributed by atoms with E-state index in [-0.39, 0.29) is 11.5 Å². The van der Waals surface area contributed by atoms with Crippen LogP contribution in [0.25, 0.3) is 0 Å². The quantitative estimate of drug-likeness (QED) is 0.928. The lowest BCUT2D eigenvalue weighted by Gasteiger charge is -2.37. The maximum Gasteiger partial charge on any atom is 0.233 e. The van der Waals surface area contributed by atoms with Crippen molar-refractivity contribution in [1.29, 1.82) is 0 Å². The lowest BCUT2D eigenvalue weighted by atomic mass is 9.87. The number of benzene rings is 1. The van der Waals surface area contributed by atoms with Crippen molar-refractivity contribution in [1.82, 2.24) is 4.90 Å². The van der Waals surface area contributed by atoms with Crippen molar-refractivity contribution in [2.24, 2.45) is 11.7 Å². The minimum Gasteiger partial charge on any atom is -0.342 e. The summed E-state index contributed by atoms with van der Waals surface area (Å²) in [5, 5.41) is 0. The Morgan fingerprint density at radius 3 is 2.71 bits per heavy atom. The lowest BCUT2D eigenvalue weighted by Crippen LogP contribution is -2.48. The molecule has 0 aromatic heterocycles. The fraction of sp³-hybridized carbons (Fsp3) is 0.611. The molecular formula is C18H26N2O. The van der Waals surface area contributed by atoms with Gasteiger partial charge in [-0.15, -0.1) is 0 Å². The van der Waals surface area contributed by atoms with Gasteiger partial charge in [-0.05, 0) is 56.6 Å². The monoisotopic (exact) mass is 286 g/mol. The van der Waals surface area contributed by atoms with Gasteiger partial charge in [-0.3, -0.25) is 4.79 Å². The summed E-state index contributed by atoms with van der Waals surface area (Å²) in [5.74, 6) is 0.789. The second-order valence-electron chi connectivity index (χ2n) is 6.91. The molecule has 1 aliphatic carbocycles. The number of hydrogen-bond acceptors (Lipinski definition) is 2. The van der Waals surface area contributed by atoms with E-state index < -0.39 is 0 Å². The Hall–Kier alpha value is -1.35. The number of likely N-dealkylation sites (tertiary alicyclic amines) is 1. The van der Waals surface area contributed by atoms with Crippen LogP contribution >= 0.6 is 0 Å². The summed E-state index contributed by atoms with van der Waals surface area (Å²) < 4.78 is 0. The maximum atomic E-state index is 13.1. The molecule has 2 unspecified atom stereocenters. The van der Waals surface area contributed by atoms with Crippen LogP contribution in [0.3, 0.4) is 0 Å². The molecule has 1 heterocycles. The number of carbonyl (C=O) groups excluding carboxylic acids is 1. The average Bonchev–Trinajstić information content (AvgIpc) is 3.28. The molecule has 1 aliphatic heterocycles. The maximum absolute atomic E-state index is 13.1. The zero-order chi connectivity index (χ0) is 15.0. The summed E-state index contributed by atoms with van der Waals surface area (Å²) in [4.78, 5) is 15.2. The molecule has 1 aromatic rings. The fourth-order valence-corrected chi connectivity index (χ4v) is 3.76. The number of amides is 1. The highest BCUT2D eigenvalue weighted by Gasteiger charge is 2.53. The van der Waals surface area contributed by atoms with Gasteiger partial charge in [0.15, 0.2) is 0 Å². The van der Waals surface area contributed by atoms with Crippen LogP contribution in [-0.2, 0) is 10.2 Å². The molecule has 0 radical (unpaired) electrons. The summed E-state index contributed by atoms with van der Waals surface area (Å²) in [6, 6.07) is 8.52. The van der Waals surface area contributed by atoms with E-state index in [1.54, 1.807) is 0 Å².